The Balaban J connectivity index is 2.40. The summed E-state index contributed by atoms with van der Waals surface area (Å²) in [5, 5.41) is 0.574. The smallest absolute Gasteiger partial charge is 0.202 e. The lowest BCUT2D eigenvalue weighted by Gasteiger charge is -2.11. The third kappa shape index (κ3) is 2.10. The van der Waals surface area contributed by atoms with E-state index in [1.807, 2.05) is 18.7 Å². The van der Waals surface area contributed by atoms with Crippen molar-refractivity contribution in [3.8, 4) is 0 Å². The van der Waals surface area contributed by atoms with Crippen LogP contribution in [0.25, 0.3) is 11.2 Å². The molecule has 0 aromatic carbocycles. The minimum Gasteiger partial charge on any atom is -0.369 e. The highest BCUT2D eigenvalue weighted by Crippen LogP contribution is 2.18. The van der Waals surface area contributed by atoms with Crippen molar-refractivity contribution >= 4 is 28.7 Å². The van der Waals surface area contributed by atoms with Gasteiger partial charge in [0.15, 0.2) is 5.65 Å². The van der Waals surface area contributed by atoms with E-state index in [0.717, 1.165) is 24.3 Å². The molecule has 0 bridgehead atoms. The highest BCUT2D eigenvalue weighted by atomic mass is 35.5. The number of imidazole rings is 1. The van der Waals surface area contributed by atoms with Crippen molar-refractivity contribution in [2.45, 2.75) is 6.54 Å². The normalized spacial score (nSPS) is 11.5. The second-order valence-corrected chi connectivity index (χ2v) is 4.36. The van der Waals surface area contributed by atoms with Crippen LogP contribution in [0.1, 0.15) is 0 Å². The van der Waals surface area contributed by atoms with Crippen LogP contribution in [0.4, 0.5) is 5.95 Å². The van der Waals surface area contributed by atoms with Gasteiger partial charge in [-0.2, -0.15) is 0 Å². The number of halogens is 1. The van der Waals surface area contributed by atoms with Gasteiger partial charge in [-0.05, 0) is 20.2 Å². The number of nitrogen functional groups attached to an aromatic ring is 1. The van der Waals surface area contributed by atoms with E-state index < -0.39 is 0 Å². The summed E-state index contributed by atoms with van der Waals surface area (Å²) in [7, 11) is 4.03. The number of pyridine rings is 1. The van der Waals surface area contributed by atoms with Crippen molar-refractivity contribution in [2.24, 2.45) is 0 Å². The summed E-state index contributed by atoms with van der Waals surface area (Å²) in [5.41, 5.74) is 7.36. The number of rotatable bonds is 3. The molecule has 16 heavy (non-hydrogen) atoms. The van der Waals surface area contributed by atoms with E-state index in [1.165, 1.54) is 0 Å². The van der Waals surface area contributed by atoms with Gasteiger partial charge in [0.2, 0.25) is 5.95 Å². The Bertz CT molecular complexity index is 505. The van der Waals surface area contributed by atoms with E-state index in [9.17, 15) is 0 Å². The molecule has 86 valence electrons. The average molecular weight is 240 g/mol. The summed E-state index contributed by atoms with van der Waals surface area (Å²) in [6, 6.07) is 1.77. The molecule has 2 N–H and O–H groups in total. The molecule has 0 unspecified atom stereocenters. The molecule has 0 aliphatic rings. The van der Waals surface area contributed by atoms with Gasteiger partial charge in [0.05, 0.1) is 5.02 Å². The van der Waals surface area contributed by atoms with Crippen LogP contribution in [0, 0.1) is 0 Å². The van der Waals surface area contributed by atoms with E-state index in [2.05, 4.69) is 14.9 Å². The molecule has 0 saturated heterocycles. The maximum absolute atomic E-state index is 5.85. The Morgan fingerprint density at radius 3 is 2.94 bits per heavy atom. The molecule has 0 aliphatic heterocycles. The number of likely N-dealkylation sites (N-methyl/N-ethyl adjacent to an activating group) is 1. The Hall–Kier alpha value is -1.33. The fourth-order valence-corrected chi connectivity index (χ4v) is 1.68. The van der Waals surface area contributed by atoms with E-state index >= 15 is 0 Å². The fourth-order valence-electron chi connectivity index (χ4n) is 1.52. The summed E-state index contributed by atoms with van der Waals surface area (Å²) < 4.78 is 1.89. The van der Waals surface area contributed by atoms with Crippen LogP contribution in [0.5, 0.6) is 0 Å². The van der Waals surface area contributed by atoms with E-state index in [1.54, 1.807) is 12.3 Å². The molecular formula is C10H14ClN5. The van der Waals surface area contributed by atoms with Gasteiger partial charge >= 0.3 is 0 Å². The molecule has 0 atom stereocenters. The Kier molecular flexibility index (Phi) is 2.98. The van der Waals surface area contributed by atoms with Crippen molar-refractivity contribution in [2.75, 3.05) is 26.4 Å². The predicted octanol–water partition coefficient (Wildman–Crippen LogP) is 1.23. The lowest BCUT2D eigenvalue weighted by molar-refractivity contribution is 0.387. The predicted molar refractivity (Wildman–Crippen MR) is 65.5 cm³/mol. The molecule has 0 fully saturated rings. The summed E-state index contributed by atoms with van der Waals surface area (Å²) >= 11 is 5.85. The second-order valence-electron chi connectivity index (χ2n) is 3.92. The molecule has 0 spiro atoms. The van der Waals surface area contributed by atoms with Crippen LogP contribution in [-0.2, 0) is 6.54 Å². The number of nitrogens with two attached hydrogens (primary N) is 1. The number of hydrogen-bond acceptors (Lipinski definition) is 4. The van der Waals surface area contributed by atoms with Crippen molar-refractivity contribution in [3.63, 3.8) is 0 Å². The van der Waals surface area contributed by atoms with Gasteiger partial charge in [0, 0.05) is 19.3 Å². The van der Waals surface area contributed by atoms with Gasteiger partial charge < -0.3 is 10.6 Å². The van der Waals surface area contributed by atoms with Gasteiger partial charge in [-0.3, -0.25) is 4.57 Å². The van der Waals surface area contributed by atoms with E-state index in [0.29, 0.717) is 11.0 Å². The summed E-state index contributed by atoms with van der Waals surface area (Å²) in [6.07, 6.45) is 1.61. The van der Waals surface area contributed by atoms with Crippen molar-refractivity contribution in [1.29, 1.82) is 0 Å². The molecule has 2 rings (SSSR count). The number of aromatic nitrogens is 3. The van der Waals surface area contributed by atoms with Gasteiger partial charge in [-0.1, -0.05) is 11.6 Å². The first-order valence-electron chi connectivity index (χ1n) is 5.00. The minimum absolute atomic E-state index is 0.478. The molecule has 0 saturated carbocycles. The zero-order valence-corrected chi connectivity index (χ0v) is 10.1. The highest BCUT2D eigenvalue weighted by Gasteiger charge is 2.09. The molecule has 5 nitrogen and oxygen atoms in total. The average Bonchev–Trinajstić information content (AvgIpc) is 2.50. The first-order valence-corrected chi connectivity index (χ1v) is 5.37. The minimum atomic E-state index is 0.478. The van der Waals surface area contributed by atoms with Crippen LogP contribution in [0.2, 0.25) is 5.02 Å². The quantitative estimate of drug-likeness (QED) is 0.875. The monoisotopic (exact) mass is 239 g/mol. The Labute approximate surface area is 98.8 Å². The molecule has 6 heteroatoms. The van der Waals surface area contributed by atoms with Crippen molar-refractivity contribution < 1.29 is 0 Å². The topological polar surface area (TPSA) is 60.0 Å². The lowest BCUT2D eigenvalue weighted by Crippen LogP contribution is -2.19. The Morgan fingerprint density at radius 2 is 2.25 bits per heavy atom. The molecule has 0 radical (unpaired) electrons. The van der Waals surface area contributed by atoms with E-state index in [4.69, 9.17) is 17.3 Å². The summed E-state index contributed by atoms with van der Waals surface area (Å²) in [5.74, 6) is 0.478. The fraction of sp³-hybridized carbons (Fsp3) is 0.400. The standard InChI is InChI=1S/C10H14ClN5/c1-15(2)3-4-16-9-8(14-10(16)12)5-7(11)6-13-9/h5-6H,3-4H2,1-2H3,(H2,12,14). The number of anilines is 1. The Morgan fingerprint density at radius 1 is 1.50 bits per heavy atom. The third-order valence-corrected chi connectivity index (χ3v) is 2.56. The first-order chi connectivity index (χ1) is 7.58. The molecule has 2 heterocycles. The van der Waals surface area contributed by atoms with Gasteiger partial charge in [0.1, 0.15) is 5.52 Å². The van der Waals surface area contributed by atoms with Crippen LogP contribution in [0.15, 0.2) is 12.3 Å². The second kappa shape index (κ2) is 4.27. The van der Waals surface area contributed by atoms with E-state index in [-0.39, 0.29) is 0 Å². The zero-order chi connectivity index (χ0) is 11.7. The largest absolute Gasteiger partial charge is 0.369 e. The highest BCUT2D eigenvalue weighted by molar-refractivity contribution is 6.31. The lowest BCUT2D eigenvalue weighted by atomic mass is 10.4. The third-order valence-electron chi connectivity index (χ3n) is 2.35. The van der Waals surface area contributed by atoms with Gasteiger partial charge in [-0.25, -0.2) is 9.97 Å². The molecule has 2 aromatic rings. The number of fused-ring (bicyclic) bond motifs is 1. The number of hydrogen-bond donors (Lipinski definition) is 1. The molecule has 2 aromatic heterocycles. The summed E-state index contributed by atoms with van der Waals surface area (Å²) in [6.45, 7) is 1.66. The SMILES string of the molecule is CN(C)CCn1c(N)nc2cc(Cl)cnc21. The van der Waals surface area contributed by atoms with Gasteiger partial charge in [-0.15, -0.1) is 0 Å². The molecule has 0 amide bonds. The first kappa shape index (κ1) is 11.2. The van der Waals surface area contributed by atoms with Crippen LogP contribution >= 0.6 is 11.6 Å². The van der Waals surface area contributed by atoms with Crippen molar-refractivity contribution in [1.82, 2.24) is 19.4 Å². The van der Waals surface area contributed by atoms with Crippen LogP contribution in [-0.4, -0.2) is 40.1 Å². The van der Waals surface area contributed by atoms with Crippen molar-refractivity contribution in [3.05, 3.63) is 17.3 Å². The maximum Gasteiger partial charge on any atom is 0.202 e. The van der Waals surface area contributed by atoms with Gasteiger partial charge in [0.25, 0.3) is 0 Å². The maximum atomic E-state index is 5.85. The molecular weight excluding hydrogens is 226 g/mol. The summed E-state index contributed by atoms with van der Waals surface area (Å²) in [4.78, 5) is 10.6. The van der Waals surface area contributed by atoms with Crippen LogP contribution in [0.3, 0.4) is 0 Å². The molecule has 0 aliphatic carbocycles. The number of nitrogens with zero attached hydrogens (tertiary/aromatic N) is 4. The van der Waals surface area contributed by atoms with Crippen LogP contribution < -0.4 is 5.73 Å². The zero-order valence-electron chi connectivity index (χ0n) is 9.31.